The van der Waals surface area contributed by atoms with E-state index in [1.54, 1.807) is 60.7 Å². The van der Waals surface area contributed by atoms with E-state index in [-0.39, 0.29) is 47.3 Å². The summed E-state index contributed by atoms with van der Waals surface area (Å²) in [6.07, 6.45) is 6.40. The lowest BCUT2D eigenvalue weighted by molar-refractivity contribution is -0.132. The largest absolute Gasteiger partial charge is 0.502 e. The number of carbonyl (C=O) groups excluding carboxylic acids is 4. The van der Waals surface area contributed by atoms with E-state index in [4.69, 9.17) is 9.47 Å². The Bertz CT molecular complexity index is 1790. The third-order valence-electron chi connectivity index (χ3n) is 10.4. The fourth-order valence-corrected chi connectivity index (χ4v) is 8.09. The molecule has 0 aromatic heterocycles. The summed E-state index contributed by atoms with van der Waals surface area (Å²) in [5.41, 5.74) is 1.43. The first-order valence-electron chi connectivity index (χ1n) is 15.4. The van der Waals surface area contributed by atoms with Gasteiger partial charge < -0.3 is 14.6 Å². The summed E-state index contributed by atoms with van der Waals surface area (Å²) in [5, 5.41) is 10.5. The molecule has 2 heterocycles. The maximum absolute atomic E-state index is 14.4. The number of imide groups is 2. The molecule has 234 valence electrons. The van der Waals surface area contributed by atoms with E-state index in [1.165, 1.54) is 24.0 Å². The minimum Gasteiger partial charge on any atom is -0.502 e. The first-order chi connectivity index (χ1) is 22.2. The number of carbonyl (C=O) groups is 4. The first kappa shape index (κ1) is 29.5. The van der Waals surface area contributed by atoms with Gasteiger partial charge in [0.2, 0.25) is 29.4 Å². The molecule has 0 bridgehead atoms. The Morgan fingerprint density at radius 3 is 1.98 bits per heavy atom. The number of benzene rings is 3. The second-order valence-corrected chi connectivity index (χ2v) is 12.5. The van der Waals surface area contributed by atoms with Crippen molar-refractivity contribution in [1.29, 1.82) is 0 Å². The zero-order chi connectivity index (χ0) is 32.3. The van der Waals surface area contributed by atoms with E-state index in [0.717, 1.165) is 5.57 Å². The normalized spacial score (nSPS) is 28.7. The van der Waals surface area contributed by atoms with Crippen LogP contribution in [0.1, 0.15) is 25.3 Å². The van der Waals surface area contributed by atoms with Gasteiger partial charge in [0.05, 0.1) is 48.8 Å². The predicted octanol–water partition coefficient (Wildman–Crippen LogP) is 5.39. The minimum absolute atomic E-state index is 0.129. The second kappa shape index (κ2) is 11.0. The number of anilines is 2. The van der Waals surface area contributed by atoms with Crippen molar-refractivity contribution >= 4 is 41.1 Å². The molecule has 0 unspecified atom stereocenters. The van der Waals surface area contributed by atoms with Crippen molar-refractivity contribution in [2.45, 2.75) is 19.8 Å². The Morgan fingerprint density at radius 2 is 1.39 bits per heavy atom. The van der Waals surface area contributed by atoms with Crippen LogP contribution in [0.5, 0.6) is 17.2 Å². The van der Waals surface area contributed by atoms with Crippen LogP contribution in [0.4, 0.5) is 11.4 Å². The lowest BCUT2D eigenvalue weighted by atomic mass is 9.52. The van der Waals surface area contributed by atoms with Gasteiger partial charge in [-0.1, -0.05) is 60.2 Å². The van der Waals surface area contributed by atoms with Crippen molar-refractivity contribution < 1.29 is 33.8 Å². The second-order valence-electron chi connectivity index (χ2n) is 12.5. The third kappa shape index (κ3) is 4.21. The maximum atomic E-state index is 14.4. The van der Waals surface area contributed by atoms with Gasteiger partial charge in [-0.3, -0.25) is 24.1 Å². The van der Waals surface area contributed by atoms with Crippen LogP contribution in [0.3, 0.4) is 0 Å². The number of nitrogens with zero attached hydrogens (tertiary/aromatic N) is 2. The minimum atomic E-state index is -1.14. The third-order valence-corrected chi connectivity index (χ3v) is 10.4. The lowest BCUT2D eigenvalue weighted by Crippen LogP contribution is -2.49. The van der Waals surface area contributed by atoms with Gasteiger partial charge in [0.15, 0.2) is 11.5 Å². The summed E-state index contributed by atoms with van der Waals surface area (Å²) in [6, 6.07) is 21.1. The summed E-state index contributed by atoms with van der Waals surface area (Å²) < 4.78 is 10.7. The zero-order valence-corrected chi connectivity index (χ0v) is 25.8. The monoisotopic (exact) mass is 618 g/mol. The SMILES string of the molecule is COc1cc(C=C[C@H]2C3=CC[C@@H]4C(=O)N(c5ccccc5)C(=O)[C@@H]4[C@@H]3C[C@H]3C(=O)N(c4ccccc4)C(=O)[C@@]23C)cc(OC)c1O. The van der Waals surface area contributed by atoms with Crippen LogP contribution in [0.2, 0.25) is 0 Å². The summed E-state index contributed by atoms with van der Waals surface area (Å²) in [6.45, 7) is 1.84. The Kier molecular flexibility index (Phi) is 7.07. The zero-order valence-electron chi connectivity index (χ0n) is 25.8. The van der Waals surface area contributed by atoms with Crippen molar-refractivity contribution in [3.8, 4) is 17.2 Å². The Balaban J connectivity index is 1.34. The van der Waals surface area contributed by atoms with E-state index in [9.17, 15) is 24.3 Å². The van der Waals surface area contributed by atoms with Gasteiger partial charge in [-0.2, -0.15) is 0 Å². The van der Waals surface area contributed by atoms with E-state index >= 15 is 0 Å². The molecule has 2 saturated heterocycles. The highest BCUT2D eigenvalue weighted by molar-refractivity contribution is 6.25. The van der Waals surface area contributed by atoms with Crippen LogP contribution in [-0.4, -0.2) is 43.0 Å². The van der Waals surface area contributed by atoms with Gasteiger partial charge in [-0.25, -0.2) is 4.90 Å². The van der Waals surface area contributed by atoms with E-state index < -0.39 is 35.0 Å². The molecule has 4 aliphatic rings. The van der Waals surface area contributed by atoms with Crippen LogP contribution in [0.15, 0.2) is 90.5 Å². The van der Waals surface area contributed by atoms with Gasteiger partial charge in [0, 0.05) is 5.92 Å². The number of ether oxygens (including phenoxy) is 2. The molecule has 9 nitrogen and oxygen atoms in total. The van der Waals surface area contributed by atoms with Crippen molar-refractivity contribution in [3.63, 3.8) is 0 Å². The molecule has 4 amide bonds. The number of hydrogen-bond donors (Lipinski definition) is 1. The number of hydrogen-bond acceptors (Lipinski definition) is 7. The number of allylic oxidation sites excluding steroid dienone is 3. The van der Waals surface area contributed by atoms with E-state index in [2.05, 4.69) is 0 Å². The summed E-state index contributed by atoms with van der Waals surface area (Å²) >= 11 is 0. The highest BCUT2D eigenvalue weighted by Crippen LogP contribution is 2.61. The molecule has 0 radical (unpaired) electrons. The van der Waals surface area contributed by atoms with Crippen molar-refractivity contribution in [1.82, 2.24) is 0 Å². The van der Waals surface area contributed by atoms with Gasteiger partial charge in [0.25, 0.3) is 0 Å². The summed E-state index contributed by atoms with van der Waals surface area (Å²) in [7, 11) is 2.89. The number of rotatable bonds is 6. The Hall–Kier alpha value is -5.18. The fourth-order valence-electron chi connectivity index (χ4n) is 8.09. The highest BCUT2D eigenvalue weighted by atomic mass is 16.5. The molecule has 3 aromatic rings. The molecular weight excluding hydrogens is 584 g/mol. The molecule has 1 N–H and O–H groups in total. The van der Waals surface area contributed by atoms with Gasteiger partial charge in [-0.15, -0.1) is 0 Å². The van der Waals surface area contributed by atoms with Crippen LogP contribution in [0, 0.1) is 35.0 Å². The molecule has 7 rings (SSSR count). The van der Waals surface area contributed by atoms with Crippen molar-refractivity contribution in [2.24, 2.45) is 35.0 Å². The molecule has 46 heavy (non-hydrogen) atoms. The van der Waals surface area contributed by atoms with Crippen molar-refractivity contribution in [2.75, 3.05) is 24.0 Å². The smallest absolute Gasteiger partial charge is 0.241 e. The molecule has 3 fully saturated rings. The van der Waals surface area contributed by atoms with Crippen LogP contribution in [0.25, 0.3) is 6.08 Å². The predicted molar refractivity (Wildman–Crippen MR) is 171 cm³/mol. The van der Waals surface area contributed by atoms with Crippen molar-refractivity contribution in [3.05, 3.63) is 96.1 Å². The number of aromatic hydroxyl groups is 1. The topological polar surface area (TPSA) is 113 Å². The summed E-state index contributed by atoms with van der Waals surface area (Å²) in [4.78, 5) is 59.0. The highest BCUT2D eigenvalue weighted by Gasteiger charge is 2.66. The number of para-hydroxylation sites is 2. The van der Waals surface area contributed by atoms with Crippen LogP contribution in [-0.2, 0) is 19.2 Å². The van der Waals surface area contributed by atoms with Crippen LogP contribution < -0.4 is 19.3 Å². The molecule has 0 spiro atoms. The Morgan fingerprint density at radius 1 is 0.804 bits per heavy atom. The molecule has 6 atom stereocenters. The standard InChI is InChI=1S/C37H34N2O7/c1-37-27(17-14-21-18-29(45-2)32(40)30(19-21)46-3)24-15-16-25-31(35(43)38(33(25)41)22-10-6-4-7-11-22)26(24)20-28(37)34(42)39(36(37)44)23-12-8-5-9-13-23/h4-15,17-19,25-28,31,40H,16,20H2,1-3H3/t25-,26+,27-,28-,31-,37-/m0/s1. The summed E-state index contributed by atoms with van der Waals surface area (Å²) in [5.74, 6) is -3.65. The average molecular weight is 619 g/mol. The Labute approximate surface area is 266 Å². The number of amides is 4. The maximum Gasteiger partial charge on any atom is 0.241 e. The molecule has 1 saturated carbocycles. The quantitative estimate of drug-likeness (QED) is 0.291. The molecule has 9 heteroatoms. The first-order valence-corrected chi connectivity index (χ1v) is 15.4. The number of phenols is 1. The van der Waals surface area contributed by atoms with Gasteiger partial charge in [-0.05, 0) is 67.6 Å². The fraction of sp³-hybridized carbons (Fsp3) is 0.297. The number of fused-ring (bicyclic) bond motifs is 4. The number of methoxy groups -OCH3 is 2. The average Bonchev–Trinajstić information content (AvgIpc) is 3.44. The van der Waals surface area contributed by atoms with E-state index in [0.29, 0.717) is 23.4 Å². The molecule has 3 aromatic carbocycles. The number of phenolic OH excluding ortho intramolecular Hbond substituents is 1. The van der Waals surface area contributed by atoms with Crippen LogP contribution >= 0.6 is 0 Å². The lowest BCUT2D eigenvalue weighted by Gasteiger charge is -2.47. The van der Waals surface area contributed by atoms with Gasteiger partial charge in [0.1, 0.15) is 0 Å². The molecular formula is C37H34N2O7. The van der Waals surface area contributed by atoms with E-state index in [1.807, 2.05) is 37.3 Å². The molecule has 2 aliphatic carbocycles. The van der Waals surface area contributed by atoms with Gasteiger partial charge >= 0.3 is 0 Å². The molecule has 2 aliphatic heterocycles.